The third-order valence-electron chi connectivity index (χ3n) is 9.12. The first-order valence-corrected chi connectivity index (χ1v) is 16.8. The van der Waals surface area contributed by atoms with E-state index >= 15 is 0 Å². The minimum Gasteiger partial charge on any atom is -0.859 e. The van der Waals surface area contributed by atoms with Crippen LogP contribution in [0.5, 0.6) is 17.5 Å². The van der Waals surface area contributed by atoms with Gasteiger partial charge in [-0.3, -0.25) is 24.1 Å². The number of quaternary nitrogens is 1. The van der Waals surface area contributed by atoms with Gasteiger partial charge in [0.15, 0.2) is 9.54 Å². The topological polar surface area (TPSA) is 133 Å². The molecule has 260 valence electrons. The number of aromatic amines is 2. The summed E-state index contributed by atoms with van der Waals surface area (Å²) in [6.07, 6.45) is 2.13. The highest BCUT2D eigenvalue weighted by Crippen LogP contribution is 2.39. The fraction of sp³-hybridized carbons (Fsp3) is 0.278. The van der Waals surface area contributed by atoms with Crippen LogP contribution >= 0.6 is 24.4 Å². The van der Waals surface area contributed by atoms with Crippen LogP contribution in [-0.2, 0) is 6.54 Å². The molecular formula is C36H35F2N5O5S2. The standard InChI is InChI=1S/C36H35F2N5O5S2/c1-36(2)13-6-14-41(19-36)18-21-15-20(11-12-26(21)48-3)27(28-30(44)39-34(49)42(32(28)46)24-9-4-7-22(37)16-24)29-31(45)40-35(50)43(33(29)47)25-10-5-8-23(38)17-25/h4-5,7-12,15-17,27,46-47H,6,13-14,18-19H2,1-3H3,(H,39,44,49)(H,40,45,50). The number of piperidine rings is 1. The number of H-pyrrole nitrogens is 2. The molecule has 0 amide bonds. The zero-order chi connectivity index (χ0) is 35.9. The maximum absolute atomic E-state index is 14.5. The number of methoxy groups -OCH3 is 1. The third-order valence-corrected chi connectivity index (χ3v) is 9.69. The number of ether oxygens (including phenoxy) is 1. The van der Waals surface area contributed by atoms with Crippen LogP contribution in [-0.4, -0.2) is 44.4 Å². The molecule has 5 aromatic rings. The second-order valence-corrected chi connectivity index (χ2v) is 14.0. The molecule has 50 heavy (non-hydrogen) atoms. The maximum Gasteiger partial charge on any atom is 0.259 e. The summed E-state index contributed by atoms with van der Waals surface area (Å²) in [4.78, 5) is 34.1. The number of hydrogen-bond acceptors (Lipinski definition) is 7. The minimum atomic E-state index is -1.52. The summed E-state index contributed by atoms with van der Waals surface area (Å²) in [5, 5.41) is 26.3. The van der Waals surface area contributed by atoms with E-state index in [1.54, 1.807) is 18.2 Å². The van der Waals surface area contributed by atoms with Crippen molar-refractivity contribution >= 4 is 24.4 Å². The van der Waals surface area contributed by atoms with E-state index in [-0.39, 0.29) is 26.3 Å². The first kappa shape index (κ1) is 34.9. The molecule has 14 heteroatoms. The maximum atomic E-state index is 14.5. The molecule has 1 saturated heterocycles. The minimum absolute atomic E-state index is 0.0387. The lowest BCUT2D eigenvalue weighted by molar-refractivity contribution is -0.925. The van der Waals surface area contributed by atoms with Crippen molar-refractivity contribution in [1.82, 2.24) is 19.1 Å². The van der Waals surface area contributed by atoms with Crippen LogP contribution in [0.4, 0.5) is 8.78 Å². The number of nitrogens with one attached hydrogen (secondary N) is 3. The highest BCUT2D eigenvalue weighted by atomic mass is 32.1. The average molecular weight is 720 g/mol. The molecule has 3 heterocycles. The van der Waals surface area contributed by atoms with Gasteiger partial charge in [0.2, 0.25) is 5.88 Å². The molecule has 10 nitrogen and oxygen atoms in total. The van der Waals surface area contributed by atoms with Gasteiger partial charge in [-0.1, -0.05) is 32.0 Å². The summed E-state index contributed by atoms with van der Waals surface area (Å²) in [7, 11) is 1.54. The van der Waals surface area contributed by atoms with Gasteiger partial charge in [-0.15, -0.1) is 0 Å². The Morgan fingerprint density at radius 2 is 1.54 bits per heavy atom. The van der Waals surface area contributed by atoms with Crippen molar-refractivity contribution in [3.8, 4) is 28.9 Å². The molecule has 0 radical (unpaired) electrons. The van der Waals surface area contributed by atoms with E-state index in [4.69, 9.17) is 29.2 Å². The van der Waals surface area contributed by atoms with Crippen LogP contribution < -0.4 is 25.9 Å². The highest BCUT2D eigenvalue weighted by Gasteiger charge is 2.33. The Hall–Kier alpha value is -4.92. The molecule has 1 aliphatic heterocycles. The highest BCUT2D eigenvalue weighted by molar-refractivity contribution is 7.71. The smallest absolute Gasteiger partial charge is 0.259 e. The molecule has 2 atom stereocenters. The van der Waals surface area contributed by atoms with E-state index in [1.807, 2.05) is 0 Å². The van der Waals surface area contributed by atoms with Crippen molar-refractivity contribution in [3.05, 3.63) is 131 Å². The molecule has 0 aliphatic carbocycles. The number of benzene rings is 3. The number of likely N-dealkylation sites (tertiary alicyclic amines) is 1. The fourth-order valence-corrected chi connectivity index (χ4v) is 7.54. The molecule has 0 saturated carbocycles. The van der Waals surface area contributed by atoms with E-state index < -0.39 is 51.6 Å². The summed E-state index contributed by atoms with van der Waals surface area (Å²) in [5.41, 5.74) is -1.40. The van der Waals surface area contributed by atoms with Crippen molar-refractivity contribution < 1.29 is 28.6 Å². The predicted molar refractivity (Wildman–Crippen MR) is 187 cm³/mol. The number of aromatic nitrogens is 4. The average Bonchev–Trinajstić information content (AvgIpc) is 3.03. The zero-order valence-electron chi connectivity index (χ0n) is 27.5. The monoisotopic (exact) mass is 719 g/mol. The lowest BCUT2D eigenvalue weighted by Crippen LogP contribution is -3.13. The van der Waals surface area contributed by atoms with Crippen LogP contribution in [0.15, 0.2) is 76.3 Å². The second-order valence-electron chi connectivity index (χ2n) is 13.2. The Balaban J connectivity index is 1.65. The molecule has 2 unspecified atom stereocenters. The van der Waals surface area contributed by atoms with Crippen LogP contribution in [0, 0.1) is 26.6 Å². The van der Waals surface area contributed by atoms with Crippen molar-refractivity contribution in [2.24, 2.45) is 5.41 Å². The largest absolute Gasteiger partial charge is 0.859 e. The lowest BCUT2D eigenvalue weighted by Gasteiger charge is -2.35. The number of aromatic hydroxyl groups is 1. The van der Waals surface area contributed by atoms with Crippen molar-refractivity contribution in [1.29, 1.82) is 0 Å². The van der Waals surface area contributed by atoms with E-state index in [0.717, 1.165) is 52.8 Å². The molecule has 3 aromatic carbocycles. The van der Waals surface area contributed by atoms with Gasteiger partial charge in [0.25, 0.3) is 11.1 Å². The van der Waals surface area contributed by atoms with E-state index in [1.165, 1.54) is 48.4 Å². The van der Waals surface area contributed by atoms with Gasteiger partial charge in [-0.25, -0.2) is 8.78 Å². The Morgan fingerprint density at radius 3 is 2.14 bits per heavy atom. The first-order chi connectivity index (χ1) is 23.8. The quantitative estimate of drug-likeness (QED) is 0.173. The Labute approximate surface area is 295 Å². The molecular weight excluding hydrogens is 685 g/mol. The van der Waals surface area contributed by atoms with Gasteiger partial charge in [-0.2, -0.15) is 0 Å². The van der Waals surface area contributed by atoms with E-state index in [9.17, 15) is 28.6 Å². The van der Waals surface area contributed by atoms with Gasteiger partial charge >= 0.3 is 0 Å². The molecule has 0 bridgehead atoms. The van der Waals surface area contributed by atoms with Crippen LogP contribution in [0.25, 0.3) is 11.4 Å². The SMILES string of the molecule is COc1ccc(C(c2c([O-])n(-c3cccc(F)c3)c(=S)[nH]c2=O)c2c(O)n(-c3cccc(F)c3)c(=S)[nH]c2=O)cc1C[NH+]1CCCC(C)(C)C1. The van der Waals surface area contributed by atoms with Gasteiger partial charge < -0.3 is 24.4 Å². The summed E-state index contributed by atoms with van der Waals surface area (Å²) >= 11 is 10.7. The summed E-state index contributed by atoms with van der Waals surface area (Å²) in [6.45, 7) is 6.81. The second kappa shape index (κ2) is 13.8. The lowest BCUT2D eigenvalue weighted by atomic mass is 9.83. The molecule has 2 aromatic heterocycles. The Morgan fingerprint density at radius 1 is 0.940 bits per heavy atom. The molecule has 0 spiro atoms. The predicted octanol–water partition coefficient (Wildman–Crippen LogP) is 4.55. The zero-order valence-corrected chi connectivity index (χ0v) is 29.1. The fourth-order valence-electron chi connectivity index (χ4n) is 6.97. The van der Waals surface area contributed by atoms with Crippen molar-refractivity contribution in [2.45, 2.75) is 39.2 Å². The van der Waals surface area contributed by atoms with Gasteiger partial charge in [0, 0.05) is 22.2 Å². The van der Waals surface area contributed by atoms with E-state index in [0.29, 0.717) is 17.9 Å². The van der Waals surface area contributed by atoms with Gasteiger partial charge in [0.05, 0.1) is 37.4 Å². The van der Waals surface area contributed by atoms with Gasteiger partial charge in [-0.05, 0) is 97.3 Å². The van der Waals surface area contributed by atoms with Crippen LogP contribution in [0.1, 0.15) is 54.9 Å². The number of rotatable bonds is 8. The molecule has 1 aliphatic rings. The Kier molecular flexibility index (Phi) is 9.62. The molecule has 4 N–H and O–H groups in total. The third kappa shape index (κ3) is 6.78. The Bertz CT molecular complexity index is 2230. The number of hydrogen-bond donors (Lipinski definition) is 4. The molecule has 6 rings (SSSR count). The van der Waals surface area contributed by atoms with Crippen LogP contribution in [0.2, 0.25) is 0 Å². The first-order valence-electron chi connectivity index (χ1n) is 15.9. The summed E-state index contributed by atoms with van der Waals surface area (Å²) < 4.78 is 35.9. The van der Waals surface area contributed by atoms with Crippen molar-refractivity contribution in [2.75, 3.05) is 20.2 Å². The normalized spacial score (nSPS) is 16.2. The van der Waals surface area contributed by atoms with E-state index in [2.05, 4.69) is 23.8 Å². The summed E-state index contributed by atoms with van der Waals surface area (Å²) in [6, 6.07) is 15.3. The van der Waals surface area contributed by atoms with Crippen LogP contribution in [0.3, 0.4) is 0 Å². The molecule has 1 fully saturated rings. The van der Waals surface area contributed by atoms with Crippen molar-refractivity contribution in [3.63, 3.8) is 0 Å². The number of nitrogens with zero attached hydrogens (tertiary/aromatic N) is 2. The van der Waals surface area contributed by atoms with Gasteiger partial charge in [0.1, 0.15) is 23.9 Å². The number of halogens is 2. The summed E-state index contributed by atoms with van der Waals surface area (Å²) in [5.74, 6) is -3.89.